The molecule has 0 aromatic heterocycles. The van der Waals surface area contributed by atoms with Gasteiger partial charge in [0.25, 0.3) is 5.91 Å². The maximum atomic E-state index is 11.7. The van der Waals surface area contributed by atoms with E-state index in [0.29, 0.717) is 17.9 Å². The molecule has 1 aliphatic rings. The number of rotatable bonds is 5. The molecule has 1 fully saturated rings. The number of ether oxygens (including phenoxy) is 1. The van der Waals surface area contributed by atoms with Gasteiger partial charge in [-0.05, 0) is 30.7 Å². The molecular formula is C14H18N2O5S. The van der Waals surface area contributed by atoms with Crippen molar-refractivity contribution in [3.05, 3.63) is 24.3 Å². The van der Waals surface area contributed by atoms with E-state index < -0.39 is 9.84 Å². The summed E-state index contributed by atoms with van der Waals surface area (Å²) in [6.07, 6.45) is 0.444. The molecule has 0 saturated carbocycles. The number of anilines is 1. The van der Waals surface area contributed by atoms with Crippen molar-refractivity contribution in [2.45, 2.75) is 19.4 Å². The number of amides is 2. The predicted octanol–water partition coefficient (Wildman–Crippen LogP) is 0.327. The van der Waals surface area contributed by atoms with Gasteiger partial charge in [-0.2, -0.15) is 0 Å². The molecule has 2 rings (SSSR count). The minimum absolute atomic E-state index is 0.00977. The second kappa shape index (κ2) is 6.78. The molecular weight excluding hydrogens is 308 g/mol. The van der Waals surface area contributed by atoms with Gasteiger partial charge >= 0.3 is 0 Å². The fourth-order valence-corrected chi connectivity index (χ4v) is 3.84. The number of hydrogen-bond acceptors (Lipinski definition) is 5. The highest BCUT2D eigenvalue weighted by atomic mass is 32.2. The molecule has 0 aliphatic carbocycles. The highest BCUT2D eigenvalue weighted by Gasteiger charge is 2.28. The Kier molecular flexibility index (Phi) is 5.02. The minimum atomic E-state index is -3.01. The Morgan fingerprint density at radius 1 is 1.27 bits per heavy atom. The maximum absolute atomic E-state index is 11.7. The van der Waals surface area contributed by atoms with Crippen LogP contribution in [-0.4, -0.2) is 44.4 Å². The molecule has 120 valence electrons. The SMILES string of the molecule is CC(=O)Nc1ccc(OCC(=O)NC2CCS(=O)(=O)C2)cc1. The van der Waals surface area contributed by atoms with Crippen LogP contribution in [0.3, 0.4) is 0 Å². The average Bonchev–Trinajstić information content (AvgIpc) is 2.76. The van der Waals surface area contributed by atoms with Crippen molar-refractivity contribution in [2.75, 3.05) is 23.4 Å². The van der Waals surface area contributed by atoms with Crippen molar-refractivity contribution < 1.29 is 22.7 Å². The third-order valence-corrected chi connectivity index (χ3v) is 4.91. The largest absolute Gasteiger partial charge is 0.484 e. The lowest BCUT2D eigenvalue weighted by atomic mass is 10.2. The van der Waals surface area contributed by atoms with E-state index in [1.54, 1.807) is 24.3 Å². The number of carbonyl (C=O) groups excluding carboxylic acids is 2. The predicted molar refractivity (Wildman–Crippen MR) is 81.4 cm³/mol. The fraction of sp³-hybridized carbons (Fsp3) is 0.429. The van der Waals surface area contributed by atoms with E-state index in [2.05, 4.69) is 10.6 Å². The smallest absolute Gasteiger partial charge is 0.258 e. The molecule has 2 amide bonds. The molecule has 1 heterocycles. The van der Waals surface area contributed by atoms with Crippen molar-refractivity contribution in [2.24, 2.45) is 0 Å². The Morgan fingerprint density at radius 2 is 1.95 bits per heavy atom. The number of sulfone groups is 1. The summed E-state index contributed by atoms with van der Waals surface area (Å²) in [5.41, 5.74) is 0.639. The quantitative estimate of drug-likeness (QED) is 0.812. The first kappa shape index (κ1) is 16.3. The zero-order valence-corrected chi connectivity index (χ0v) is 13.0. The summed E-state index contributed by atoms with van der Waals surface area (Å²) in [5.74, 6) is 0.0732. The van der Waals surface area contributed by atoms with Gasteiger partial charge in [-0.25, -0.2) is 8.42 Å². The van der Waals surface area contributed by atoms with Crippen LogP contribution in [-0.2, 0) is 19.4 Å². The van der Waals surface area contributed by atoms with Crippen LogP contribution < -0.4 is 15.4 Å². The topological polar surface area (TPSA) is 102 Å². The number of nitrogens with one attached hydrogen (secondary N) is 2. The van der Waals surface area contributed by atoms with Crippen LogP contribution in [0.15, 0.2) is 24.3 Å². The van der Waals surface area contributed by atoms with Gasteiger partial charge in [-0.3, -0.25) is 9.59 Å². The Labute approximate surface area is 129 Å². The lowest BCUT2D eigenvalue weighted by Crippen LogP contribution is -2.38. The molecule has 1 aliphatic heterocycles. The number of carbonyl (C=O) groups is 2. The standard InChI is InChI=1S/C14H18N2O5S/c1-10(17)15-11-2-4-13(5-3-11)21-8-14(18)16-12-6-7-22(19,20)9-12/h2-5,12H,6-9H2,1H3,(H,15,17)(H,16,18). The monoisotopic (exact) mass is 326 g/mol. The average molecular weight is 326 g/mol. The third-order valence-electron chi connectivity index (χ3n) is 3.14. The van der Waals surface area contributed by atoms with Crippen LogP contribution in [0, 0.1) is 0 Å². The lowest BCUT2D eigenvalue weighted by Gasteiger charge is -2.12. The summed E-state index contributed by atoms with van der Waals surface area (Å²) in [7, 11) is -3.01. The van der Waals surface area contributed by atoms with Crippen molar-refractivity contribution in [1.82, 2.24) is 5.32 Å². The zero-order chi connectivity index (χ0) is 16.2. The van der Waals surface area contributed by atoms with Crippen LogP contribution in [0.4, 0.5) is 5.69 Å². The fourth-order valence-electron chi connectivity index (χ4n) is 2.16. The third kappa shape index (κ3) is 5.03. The van der Waals surface area contributed by atoms with Crippen molar-refractivity contribution in [1.29, 1.82) is 0 Å². The Balaban J connectivity index is 1.77. The minimum Gasteiger partial charge on any atom is -0.484 e. The van der Waals surface area contributed by atoms with Crippen LogP contribution in [0.1, 0.15) is 13.3 Å². The summed E-state index contributed by atoms with van der Waals surface area (Å²) in [5, 5.41) is 5.26. The van der Waals surface area contributed by atoms with Crippen molar-refractivity contribution >= 4 is 27.3 Å². The van der Waals surface area contributed by atoms with Gasteiger partial charge in [0.1, 0.15) is 5.75 Å². The Morgan fingerprint density at radius 3 is 2.50 bits per heavy atom. The Hall–Kier alpha value is -2.09. The molecule has 1 aromatic carbocycles. The molecule has 8 heteroatoms. The Bertz CT molecular complexity index is 654. The second-order valence-corrected chi connectivity index (χ2v) is 7.39. The highest BCUT2D eigenvalue weighted by molar-refractivity contribution is 7.91. The lowest BCUT2D eigenvalue weighted by molar-refractivity contribution is -0.123. The van der Waals surface area contributed by atoms with Gasteiger partial charge in [0, 0.05) is 18.7 Å². The molecule has 22 heavy (non-hydrogen) atoms. The van der Waals surface area contributed by atoms with E-state index in [0.717, 1.165) is 0 Å². The summed E-state index contributed by atoms with van der Waals surface area (Å²) >= 11 is 0. The summed E-state index contributed by atoms with van der Waals surface area (Å²) in [6.45, 7) is 1.23. The van der Waals surface area contributed by atoms with E-state index in [-0.39, 0.29) is 36.0 Å². The van der Waals surface area contributed by atoms with Crippen LogP contribution in [0.2, 0.25) is 0 Å². The van der Waals surface area contributed by atoms with Crippen molar-refractivity contribution in [3.8, 4) is 5.75 Å². The number of hydrogen-bond donors (Lipinski definition) is 2. The van der Waals surface area contributed by atoms with Gasteiger partial charge < -0.3 is 15.4 Å². The van der Waals surface area contributed by atoms with Crippen molar-refractivity contribution in [3.63, 3.8) is 0 Å². The van der Waals surface area contributed by atoms with Gasteiger partial charge in [0.15, 0.2) is 16.4 Å². The van der Waals surface area contributed by atoms with E-state index in [1.807, 2.05) is 0 Å². The molecule has 1 saturated heterocycles. The maximum Gasteiger partial charge on any atom is 0.258 e. The van der Waals surface area contributed by atoms with E-state index in [4.69, 9.17) is 4.74 Å². The highest BCUT2D eigenvalue weighted by Crippen LogP contribution is 2.16. The van der Waals surface area contributed by atoms with E-state index in [1.165, 1.54) is 6.92 Å². The first-order valence-electron chi connectivity index (χ1n) is 6.84. The first-order chi connectivity index (χ1) is 10.3. The van der Waals surface area contributed by atoms with Crippen LogP contribution in [0.5, 0.6) is 5.75 Å². The summed E-state index contributed by atoms with van der Waals surface area (Å²) in [4.78, 5) is 22.6. The molecule has 2 N–H and O–H groups in total. The molecule has 7 nitrogen and oxygen atoms in total. The van der Waals surface area contributed by atoms with E-state index in [9.17, 15) is 18.0 Å². The van der Waals surface area contributed by atoms with Gasteiger partial charge in [-0.1, -0.05) is 0 Å². The summed E-state index contributed by atoms with van der Waals surface area (Å²) < 4.78 is 27.9. The van der Waals surface area contributed by atoms with Crippen LogP contribution >= 0.6 is 0 Å². The van der Waals surface area contributed by atoms with Gasteiger partial charge in [0.2, 0.25) is 5.91 Å². The van der Waals surface area contributed by atoms with Gasteiger partial charge in [-0.15, -0.1) is 0 Å². The van der Waals surface area contributed by atoms with Crippen LogP contribution in [0.25, 0.3) is 0 Å². The second-order valence-electron chi connectivity index (χ2n) is 5.16. The van der Waals surface area contributed by atoms with E-state index >= 15 is 0 Å². The molecule has 1 unspecified atom stereocenters. The normalized spacial score (nSPS) is 19.4. The molecule has 0 radical (unpaired) electrons. The zero-order valence-electron chi connectivity index (χ0n) is 12.2. The first-order valence-corrected chi connectivity index (χ1v) is 8.66. The molecule has 1 atom stereocenters. The molecule has 1 aromatic rings. The molecule has 0 bridgehead atoms. The molecule has 0 spiro atoms. The number of benzene rings is 1. The summed E-state index contributed by atoms with van der Waals surface area (Å²) in [6, 6.07) is 6.27. The van der Waals surface area contributed by atoms with Gasteiger partial charge in [0.05, 0.1) is 11.5 Å².